The molecule has 0 bridgehead atoms. The van der Waals surface area contributed by atoms with E-state index in [-0.39, 0.29) is 0 Å². The number of aromatic nitrogens is 2. The molecule has 0 saturated carbocycles. The van der Waals surface area contributed by atoms with Crippen LogP contribution in [-0.4, -0.2) is 24.1 Å². The van der Waals surface area contributed by atoms with Gasteiger partial charge in [-0.2, -0.15) is 5.26 Å². The van der Waals surface area contributed by atoms with Gasteiger partial charge in [-0.05, 0) is 24.6 Å². The Kier molecular flexibility index (Phi) is 4.72. The van der Waals surface area contributed by atoms with E-state index in [2.05, 4.69) is 28.3 Å². The van der Waals surface area contributed by atoms with Gasteiger partial charge in [0.25, 0.3) is 0 Å². The van der Waals surface area contributed by atoms with Gasteiger partial charge in [-0.25, -0.2) is 9.97 Å². The largest absolute Gasteiger partial charge is 0.496 e. The van der Waals surface area contributed by atoms with Crippen LogP contribution in [0.5, 0.6) is 5.75 Å². The molecule has 0 amide bonds. The fourth-order valence-corrected chi connectivity index (χ4v) is 2.31. The van der Waals surface area contributed by atoms with Crippen molar-refractivity contribution in [2.45, 2.75) is 19.8 Å². The van der Waals surface area contributed by atoms with E-state index < -0.39 is 0 Å². The summed E-state index contributed by atoms with van der Waals surface area (Å²) >= 11 is 0. The second kappa shape index (κ2) is 6.71. The first-order valence-electron chi connectivity index (χ1n) is 6.85. The van der Waals surface area contributed by atoms with Crippen LogP contribution in [-0.2, 0) is 6.42 Å². The van der Waals surface area contributed by atoms with Crippen molar-refractivity contribution in [3.63, 3.8) is 0 Å². The van der Waals surface area contributed by atoms with Crippen molar-refractivity contribution in [2.75, 3.05) is 19.5 Å². The maximum absolute atomic E-state index is 9.11. The molecule has 2 aromatic rings. The lowest BCUT2D eigenvalue weighted by Gasteiger charge is -2.14. The molecule has 0 atom stereocenters. The zero-order valence-electron chi connectivity index (χ0n) is 12.5. The van der Waals surface area contributed by atoms with Gasteiger partial charge in [0.1, 0.15) is 17.9 Å². The Hall–Kier alpha value is -2.61. The van der Waals surface area contributed by atoms with E-state index in [4.69, 9.17) is 10.00 Å². The highest BCUT2D eigenvalue weighted by Gasteiger charge is 2.16. The van der Waals surface area contributed by atoms with Gasteiger partial charge in [0.15, 0.2) is 0 Å². The summed E-state index contributed by atoms with van der Waals surface area (Å²) in [4.78, 5) is 8.69. The minimum atomic E-state index is 0.581. The number of hydrogen-bond donors (Lipinski definition) is 1. The third-order valence-electron chi connectivity index (χ3n) is 3.27. The number of nitriles is 1. The normalized spacial score (nSPS) is 10.0. The smallest absolute Gasteiger partial charge is 0.132 e. The fourth-order valence-electron chi connectivity index (χ4n) is 2.31. The van der Waals surface area contributed by atoms with E-state index in [0.717, 1.165) is 35.5 Å². The van der Waals surface area contributed by atoms with E-state index in [1.165, 1.54) is 6.33 Å². The number of methoxy groups -OCH3 is 1. The van der Waals surface area contributed by atoms with Gasteiger partial charge in [0.05, 0.1) is 24.4 Å². The van der Waals surface area contributed by atoms with Gasteiger partial charge >= 0.3 is 0 Å². The Morgan fingerprint density at radius 1 is 1.33 bits per heavy atom. The standard InChI is InChI=1S/C16H18N4O/c1-4-5-12-15(19-10-20-16(12)18-2)13-8-11(9-17)6-7-14(13)21-3/h6-8,10H,4-5H2,1-3H3,(H,18,19,20). The van der Waals surface area contributed by atoms with Gasteiger partial charge in [-0.15, -0.1) is 0 Å². The third kappa shape index (κ3) is 2.95. The van der Waals surface area contributed by atoms with E-state index in [9.17, 15) is 0 Å². The third-order valence-corrected chi connectivity index (χ3v) is 3.27. The van der Waals surface area contributed by atoms with Crippen molar-refractivity contribution in [1.29, 1.82) is 5.26 Å². The maximum Gasteiger partial charge on any atom is 0.132 e. The summed E-state index contributed by atoms with van der Waals surface area (Å²) < 4.78 is 5.42. The van der Waals surface area contributed by atoms with Crippen molar-refractivity contribution in [3.8, 4) is 23.1 Å². The van der Waals surface area contributed by atoms with Crippen molar-refractivity contribution in [3.05, 3.63) is 35.7 Å². The van der Waals surface area contributed by atoms with Crippen LogP contribution < -0.4 is 10.1 Å². The van der Waals surface area contributed by atoms with E-state index in [0.29, 0.717) is 11.3 Å². The van der Waals surface area contributed by atoms with E-state index >= 15 is 0 Å². The van der Waals surface area contributed by atoms with Gasteiger partial charge in [-0.1, -0.05) is 13.3 Å². The highest BCUT2D eigenvalue weighted by molar-refractivity contribution is 5.74. The summed E-state index contributed by atoms with van der Waals surface area (Å²) in [7, 11) is 3.46. The van der Waals surface area contributed by atoms with Gasteiger partial charge < -0.3 is 10.1 Å². The monoisotopic (exact) mass is 282 g/mol. The zero-order chi connectivity index (χ0) is 15.2. The predicted octanol–water partition coefficient (Wildman–Crippen LogP) is 3.02. The van der Waals surface area contributed by atoms with Crippen LogP contribution in [0.3, 0.4) is 0 Å². The molecule has 0 fully saturated rings. The summed E-state index contributed by atoms with van der Waals surface area (Å²) in [5.74, 6) is 1.51. The number of ether oxygens (including phenoxy) is 1. The highest BCUT2D eigenvalue weighted by Crippen LogP contribution is 2.34. The van der Waals surface area contributed by atoms with Crippen molar-refractivity contribution in [2.24, 2.45) is 0 Å². The molecule has 5 heteroatoms. The molecule has 0 aliphatic rings. The molecule has 1 N–H and O–H groups in total. The van der Waals surface area contributed by atoms with Crippen LogP contribution >= 0.6 is 0 Å². The Balaban J connectivity index is 2.68. The molecule has 1 aromatic heterocycles. The van der Waals surface area contributed by atoms with Crippen molar-refractivity contribution in [1.82, 2.24) is 9.97 Å². The molecule has 0 saturated heterocycles. The van der Waals surface area contributed by atoms with Crippen molar-refractivity contribution < 1.29 is 4.74 Å². The van der Waals surface area contributed by atoms with Crippen LogP contribution in [0.1, 0.15) is 24.5 Å². The summed E-state index contributed by atoms with van der Waals surface area (Å²) in [6.07, 6.45) is 3.36. The van der Waals surface area contributed by atoms with E-state index in [1.807, 2.05) is 7.05 Å². The molecule has 0 spiro atoms. The highest BCUT2D eigenvalue weighted by atomic mass is 16.5. The van der Waals surface area contributed by atoms with E-state index in [1.54, 1.807) is 25.3 Å². The number of anilines is 1. The Labute approximate surface area is 124 Å². The zero-order valence-corrected chi connectivity index (χ0v) is 12.5. The molecule has 0 aliphatic heterocycles. The van der Waals surface area contributed by atoms with Crippen LogP contribution in [0.2, 0.25) is 0 Å². The number of rotatable bonds is 5. The first kappa shape index (κ1) is 14.8. The second-order valence-electron chi connectivity index (χ2n) is 4.58. The topological polar surface area (TPSA) is 70.8 Å². The molecule has 2 rings (SSSR count). The molecule has 1 heterocycles. The summed E-state index contributed by atoms with van der Waals surface area (Å²) in [5.41, 5.74) is 3.25. The molecule has 0 radical (unpaired) electrons. The van der Waals surface area contributed by atoms with Crippen LogP contribution in [0, 0.1) is 11.3 Å². The van der Waals surface area contributed by atoms with Crippen LogP contribution in [0.25, 0.3) is 11.3 Å². The summed E-state index contributed by atoms with van der Waals surface area (Å²) in [6.45, 7) is 2.11. The molecule has 108 valence electrons. The average Bonchev–Trinajstić information content (AvgIpc) is 2.54. The second-order valence-corrected chi connectivity index (χ2v) is 4.58. The molecule has 5 nitrogen and oxygen atoms in total. The van der Waals surface area contributed by atoms with Gasteiger partial charge in [-0.3, -0.25) is 0 Å². The fraction of sp³-hybridized carbons (Fsp3) is 0.312. The maximum atomic E-state index is 9.11. The summed E-state index contributed by atoms with van der Waals surface area (Å²) in [6, 6.07) is 7.49. The SMILES string of the molecule is CCCc1c(NC)ncnc1-c1cc(C#N)ccc1OC. The van der Waals surface area contributed by atoms with Gasteiger partial charge in [0.2, 0.25) is 0 Å². The molecular formula is C16H18N4O. The number of nitrogens with one attached hydrogen (secondary N) is 1. The minimum Gasteiger partial charge on any atom is -0.496 e. The molecule has 1 aromatic carbocycles. The van der Waals surface area contributed by atoms with Crippen molar-refractivity contribution >= 4 is 5.82 Å². The van der Waals surface area contributed by atoms with Crippen LogP contribution in [0.4, 0.5) is 5.82 Å². The molecule has 0 unspecified atom stereocenters. The van der Waals surface area contributed by atoms with Gasteiger partial charge in [0, 0.05) is 18.2 Å². The van der Waals surface area contributed by atoms with Crippen LogP contribution in [0.15, 0.2) is 24.5 Å². The lowest BCUT2D eigenvalue weighted by atomic mass is 10.00. The lowest BCUT2D eigenvalue weighted by molar-refractivity contribution is 0.416. The number of benzene rings is 1. The number of hydrogen-bond acceptors (Lipinski definition) is 5. The quantitative estimate of drug-likeness (QED) is 0.912. The Morgan fingerprint density at radius 2 is 2.14 bits per heavy atom. The Bertz CT molecular complexity index is 676. The molecule has 21 heavy (non-hydrogen) atoms. The first-order chi connectivity index (χ1) is 10.2. The average molecular weight is 282 g/mol. The number of nitrogens with zero attached hydrogens (tertiary/aromatic N) is 3. The molecule has 0 aliphatic carbocycles. The summed E-state index contributed by atoms with van der Waals surface area (Å²) in [5, 5.41) is 12.2. The minimum absolute atomic E-state index is 0.581. The predicted molar refractivity (Wildman–Crippen MR) is 82.3 cm³/mol. The Morgan fingerprint density at radius 3 is 2.76 bits per heavy atom. The lowest BCUT2D eigenvalue weighted by Crippen LogP contribution is -2.04. The first-order valence-corrected chi connectivity index (χ1v) is 6.85. The molecular weight excluding hydrogens is 264 g/mol.